The van der Waals surface area contributed by atoms with Crippen LogP contribution in [-0.2, 0) is 6.42 Å². The molecule has 3 nitrogen and oxygen atoms in total. The van der Waals surface area contributed by atoms with Crippen LogP contribution in [0.2, 0.25) is 0 Å². The van der Waals surface area contributed by atoms with Crippen LogP contribution in [0.15, 0.2) is 12.1 Å². The van der Waals surface area contributed by atoms with Crippen LogP contribution in [0.25, 0.3) is 0 Å². The maximum absolute atomic E-state index is 6.61. The first kappa shape index (κ1) is 67.6. The van der Waals surface area contributed by atoms with E-state index in [1.54, 1.807) is 0 Å². The summed E-state index contributed by atoms with van der Waals surface area (Å²) in [4.78, 5) is 0. The van der Waals surface area contributed by atoms with Gasteiger partial charge in [0.25, 0.3) is 0 Å². The van der Waals surface area contributed by atoms with Crippen LogP contribution in [0.3, 0.4) is 0 Å². The first-order valence-electron chi connectivity index (χ1n) is 33.1. The molecule has 0 N–H and O–H groups in total. The maximum atomic E-state index is 6.61. The standard InChI is InChI=1S/C68H129O3/c1-5-9-12-15-18-21-24-27-30-33-36-39-42-45-48-51-54-57-60-69-66-63-65(8-4)64-67(70-61-58-55-52-49-46-43-40-37-34-31-28-25-22-19-16-13-10-6-2)68(66)71-62-59-56-53-50-47-44-41-38-35-32-29-26-23-20-17-14-11-7-3/h63-64H,4-62H2,1-3H3. The topological polar surface area (TPSA) is 27.7 Å². The van der Waals surface area contributed by atoms with E-state index < -0.39 is 0 Å². The van der Waals surface area contributed by atoms with Gasteiger partial charge in [0.2, 0.25) is 5.75 Å². The molecule has 0 fully saturated rings. The lowest BCUT2D eigenvalue weighted by Gasteiger charge is -2.19. The first-order valence-corrected chi connectivity index (χ1v) is 33.1. The second-order valence-corrected chi connectivity index (χ2v) is 22.7. The Morgan fingerprint density at radius 3 is 0.592 bits per heavy atom. The summed E-state index contributed by atoms with van der Waals surface area (Å²) < 4.78 is 19.7. The van der Waals surface area contributed by atoms with E-state index in [1.807, 2.05) is 0 Å². The van der Waals surface area contributed by atoms with Crippen molar-refractivity contribution >= 4 is 0 Å². The van der Waals surface area contributed by atoms with E-state index in [9.17, 15) is 0 Å². The molecule has 0 bridgehead atoms. The predicted octanol–water partition coefficient (Wildman–Crippen LogP) is 24.3. The highest BCUT2D eigenvalue weighted by molar-refractivity contribution is 5.54. The number of rotatable bonds is 61. The molecular formula is C68H129O3. The third-order valence-corrected chi connectivity index (χ3v) is 15.6. The van der Waals surface area contributed by atoms with Crippen molar-refractivity contribution in [1.29, 1.82) is 0 Å². The lowest BCUT2D eigenvalue weighted by Crippen LogP contribution is -2.07. The van der Waals surface area contributed by atoms with Crippen LogP contribution < -0.4 is 14.2 Å². The smallest absolute Gasteiger partial charge is 0.203 e. The summed E-state index contributed by atoms with van der Waals surface area (Å²) in [6.07, 6.45) is 76.0. The predicted molar refractivity (Wildman–Crippen MR) is 318 cm³/mol. The minimum absolute atomic E-state index is 0.727. The Bertz CT molecular complexity index is 1080. The van der Waals surface area contributed by atoms with E-state index in [0.29, 0.717) is 0 Å². The molecule has 3 heteroatoms. The normalized spacial score (nSPS) is 11.5. The maximum Gasteiger partial charge on any atom is 0.203 e. The third kappa shape index (κ3) is 48.0. The number of ether oxygens (including phenoxy) is 3. The lowest BCUT2D eigenvalue weighted by atomic mass is 10.0. The molecule has 0 amide bonds. The number of benzene rings is 1. The van der Waals surface area contributed by atoms with E-state index >= 15 is 0 Å². The van der Waals surface area contributed by atoms with Crippen LogP contribution in [0.5, 0.6) is 17.2 Å². The van der Waals surface area contributed by atoms with E-state index in [1.165, 1.54) is 333 Å². The molecular weight excluding hydrogens is 865 g/mol. The summed E-state index contributed by atoms with van der Waals surface area (Å²) in [6, 6.07) is 4.35. The molecule has 1 rings (SSSR count). The van der Waals surface area contributed by atoms with Gasteiger partial charge < -0.3 is 14.2 Å². The highest BCUT2D eigenvalue weighted by atomic mass is 16.5. The molecule has 0 heterocycles. The monoisotopic (exact) mass is 994 g/mol. The van der Waals surface area contributed by atoms with Gasteiger partial charge in [0, 0.05) is 0 Å². The Morgan fingerprint density at radius 2 is 0.408 bits per heavy atom. The molecule has 0 saturated carbocycles. The second-order valence-electron chi connectivity index (χ2n) is 22.7. The molecule has 0 aliphatic rings. The van der Waals surface area contributed by atoms with Crippen LogP contribution >= 0.6 is 0 Å². The van der Waals surface area contributed by atoms with Gasteiger partial charge >= 0.3 is 0 Å². The van der Waals surface area contributed by atoms with Gasteiger partial charge in [-0.2, -0.15) is 0 Å². The fourth-order valence-corrected chi connectivity index (χ4v) is 10.7. The number of hydrogen-bond acceptors (Lipinski definition) is 3. The SMILES string of the molecule is [CH2]Cc1cc(OCCCCCCCCCCCCCCCCCCCC)c(OCCCCCCCCCCCCCCCCCCCC)c(OCCCCCCCCCCCCCCCCCCCC)c1. The van der Waals surface area contributed by atoms with Crippen molar-refractivity contribution in [2.24, 2.45) is 0 Å². The number of hydrogen-bond donors (Lipinski definition) is 0. The van der Waals surface area contributed by atoms with Crippen LogP contribution in [-0.4, -0.2) is 19.8 Å². The molecule has 419 valence electrons. The van der Waals surface area contributed by atoms with Gasteiger partial charge in [0.1, 0.15) is 0 Å². The Balaban J connectivity index is 2.38. The van der Waals surface area contributed by atoms with Crippen LogP contribution in [0.4, 0.5) is 0 Å². The summed E-state index contributed by atoms with van der Waals surface area (Å²) in [6.45, 7) is 13.4. The molecule has 0 aromatic heterocycles. The fraction of sp³-hybridized carbons (Fsp3) is 0.897. The molecule has 0 aliphatic heterocycles. The first-order chi connectivity index (χ1) is 35.3. The Morgan fingerprint density at radius 1 is 0.239 bits per heavy atom. The van der Waals surface area contributed by atoms with Crippen LogP contribution in [0.1, 0.15) is 373 Å². The van der Waals surface area contributed by atoms with Crippen molar-refractivity contribution in [2.75, 3.05) is 19.8 Å². The lowest BCUT2D eigenvalue weighted by molar-refractivity contribution is 0.234. The molecule has 1 aromatic rings. The van der Waals surface area contributed by atoms with Crippen molar-refractivity contribution in [3.8, 4) is 17.2 Å². The molecule has 0 unspecified atom stereocenters. The Hall–Kier alpha value is -1.38. The van der Waals surface area contributed by atoms with Crippen molar-refractivity contribution in [1.82, 2.24) is 0 Å². The Labute approximate surface area is 447 Å². The minimum Gasteiger partial charge on any atom is -0.490 e. The molecule has 0 aliphatic carbocycles. The molecule has 0 atom stereocenters. The Kier molecular flexibility index (Phi) is 55.1. The average molecular weight is 995 g/mol. The molecule has 1 aromatic carbocycles. The van der Waals surface area contributed by atoms with Crippen molar-refractivity contribution in [2.45, 2.75) is 374 Å². The van der Waals surface area contributed by atoms with Gasteiger partial charge in [-0.15, -0.1) is 0 Å². The highest BCUT2D eigenvalue weighted by Gasteiger charge is 2.16. The van der Waals surface area contributed by atoms with Crippen molar-refractivity contribution in [3.05, 3.63) is 24.6 Å². The van der Waals surface area contributed by atoms with Gasteiger partial charge in [-0.3, -0.25) is 0 Å². The largest absolute Gasteiger partial charge is 0.490 e. The van der Waals surface area contributed by atoms with Gasteiger partial charge in [0.05, 0.1) is 19.8 Å². The van der Waals surface area contributed by atoms with Gasteiger partial charge in [-0.25, -0.2) is 0 Å². The number of unbranched alkanes of at least 4 members (excludes halogenated alkanes) is 51. The van der Waals surface area contributed by atoms with E-state index in [2.05, 4.69) is 39.8 Å². The highest BCUT2D eigenvalue weighted by Crippen LogP contribution is 2.40. The molecule has 0 spiro atoms. The summed E-state index contributed by atoms with van der Waals surface area (Å²) in [5, 5.41) is 0. The summed E-state index contributed by atoms with van der Waals surface area (Å²) in [5.74, 6) is 2.57. The van der Waals surface area contributed by atoms with Gasteiger partial charge in [0.15, 0.2) is 11.5 Å². The quantitative estimate of drug-likeness (QED) is 0.0609. The molecule has 1 radical (unpaired) electrons. The zero-order valence-corrected chi connectivity index (χ0v) is 49.1. The summed E-state index contributed by atoms with van der Waals surface area (Å²) in [7, 11) is 0. The van der Waals surface area contributed by atoms with Crippen LogP contribution in [0, 0.1) is 6.92 Å². The molecule has 0 saturated heterocycles. The van der Waals surface area contributed by atoms with E-state index in [4.69, 9.17) is 14.2 Å². The van der Waals surface area contributed by atoms with E-state index in [-0.39, 0.29) is 0 Å². The summed E-state index contributed by atoms with van der Waals surface area (Å²) >= 11 is 0. The zero-order chi connectivity index (χ0) is 50.9. The van der Waals surface area contributed by atoms with Gasteiger partial charge in [-0.1, -0.05) is 348 Å². The molecule has 71 heavy (non-hydrogen) atoms. The average Bonchev–Trinajstić information content (AvgIpc) is 3.38. The second kappa shape index (κ2) is 57.9. The van der Waals surface area contributed by atoms with Crippen molar-refractivity contribution < 1.29 is 14.2 Å². The van der Waals surface area contributed by atoms with Crippen molar-refractivity contribution in [3.63, 3.8) is 0 Å². The third-order valence-electron chi connectivity index (χ3n) is 15.6. The van der Waals surface area contributed by atoms with E-state index in [0.717, 1.165) is 62.8 Å². The minimum atomic E-state index is 0.727. The zero-order valence-electron chi connectivity index (χ0n) is 49.1. The fourth-order valence-electron chi connectivity index (χ4n) is 10.7. The summed E-state index contributed by atoms with van der Waals surface area (Å²) in [5.41, 5.74) is 1.17. The van der Waals surface area contributed by atoms with Gasteiger partial charge in [-0.05, 0) is 50.3 Å².